The Morgan fingerprint density at radius 3 is 1.05 bits per heavy atom. The summed E-state index contributed by atoms with van der Waals surface area (Å²) < 4.78 is 0. The third-order valence-electron chi connectivity index (χ3n) is 17.4. The first kappa shape index (κ1) is 37.6. The second kappa shape index (κ2) is 13.1. The number of para-hydroxylation sites is 2. The van der Waals surface area contributed by atoms with Gasteiger partial charge in [0.05, 0.1) is 11.1 Å². The molecule has 2 fully saturated rings. The van der Waals surface area contributed by atoms with Gasteiger partial charge in [-0.15, -0.1) is 0 Å². The number of hydrogen-bond acceptors (Lipinski definition) is 2. The van der Waals surface area contributed by atoms with Gasteiger partial charge in [-0.3, -0.25) is 0 Å². The zero-order valence-corrected chi connectivity index (χ0v) is 37.1. The molecule has 7 aromatic carbocycles. The standard InChI is InChI=1S/C58H60N2/c1-37-39(3)53-49(55(5)31-19-21-33-57(55,7)59(53)41-23-11-9-12-24-41)35-47(37)51-43-27-15-17-29-45(43)52(46-30-18-16-28-44(46)51)48-36-50-54(40(4)38(48)2)60(42-25-13-10-14-26-42)58(8)34-22-20-32-56(50,58)6/h9-18,23-30,35-36H,19-22,31-34H2,1-8H3. The fraction of sp³-hybridized carbons (Fsp3) is 0.345. The van der Waals surface area contributed by atoms with E-state index in [1.807, 2.05) is 0 Å². The number of hydrogen-bond donors (Lipinski definition) is 0. The molecule has 2 aliphatic carbocycles. The van der Waals surface area contributed by atoms with Gasteiger partial charge in [0.15, 0.2) is 0 Å². The minimum absolute atomic E-state index is 0.00283. The second-order valence-electron chi connectivity index (χ2n) is 19.9. The van der Waals surface area contributed by atoms with Crippen molar-refractivity contribution in [1.82, 2.24) is 0 Å². The molecule has 4 unspecified atom stereocenters. The molecular weight excluding hydrogens is 725 g/mol. The van der Waals surface area contributed by atoms with Crippen molar-refractivity contribution in [3.8, 4) is 22.3 Å². The lowest BCUT2D eigenvalue weighted by atomic mass is 9.61. The summed E-state index contributed by atoms with van der Waals surface area (Å²) in [6.45, 7) is 19.9. The highest BCUT2D eigenvalue weighted by molar-refractivity contribution is 6.22. The topological polar surface area (TPSA) is 6.48 Å². The maximum absolute atomic E-state index is 2.75. The van der Waals surface area contributed by atoms with Crippen LogP contribution in [0.25, 0.3) is 43.8 Å². The highest BCUT2D eigenvalue weighted by atomic mass is 15.3. The molecule has 60 heavy (non-hydrogen) atoms. The van der Waals surface area contributed by atoms with E-state index < -0.39 is 0 Å². The zero-order chi connectivity index (χ0) is 41.3. The number of anilines is 4. The van der Waals surface area contributed by atoms with E-state index in [0.29, 0.717) is 0 Å². The summed E-state index contributed by atoms with van der Waals surface area (Å²) in [5.74, 6) is 0. The average Bonchev–Trinajstić information content (AvgIpc) is 3.61. The number of nitrogens with zero attached hydrogens (tertiary/aromatic N) is 2. The fourth-order valence-corrected chi connectivity index (χ4v) is 13.5. The van der Waals surface area contributed by atoms with Gasteiger partial charge in [-0.25, -0.2) is 0 Å². The van der Waals surface area contributed by atoms with Crippen LogP contribution < -0.4 is 9.80 Å². The molecule has 4 atom stereocenters. The predicted octanol–water partition coefficient (Wildman–Crippen LogP) is 16.0. The van der Waals surface area contributed by atoms with Gasteiger partial charge in [-0.1, -0.05) is 124 Å². The second-order valence-corrected chi connectivity index (χ2v) is 19.9. The van der Waals surface area contributed by atoms with Gasteiger partial charge >= 0.3 is 0 Å². The van der Waals surface area contributed by atoms with E-state index in [4.69, 9.17) is 0 Å². The summed E-state index contributed by atoms with van der Waals surface area (Å²) in [6.07, 6.45) is 9.91. The van der Waals surface area contributed by atoms with E-state index in [1.165, 1.54) is 151 Å². The highest BCUT2D eigenvalue weighted by Crippen LogP contribution is 2.65. The molecule has 0 spiro atoms. The molecule has 2 heteroatoms. The Bertz CT molecular complexity index is 2640. The summed E-state index contributed by atoms with van der Waals surface area (Å²) >= 11 is 0. The molecule has 4 aliphatic rings. The monoisotopic (exact) mass is 784 g/mol. The quantitative estimate of drug-likeness (QED) is 0.164. The molecule has 0 N–H and O–H groups in total. The van der Waals surface area contributed by atoms with Crippen LogP contribution in [0.1, 0.15) is 112 Å². The van der Waals surface area contributed by atoms with Crippen LogP contribution >= 0.6 is 0 Å². The van der Waals surface area contributed by atoms with Crippen LogP contribution in [0.2, 0.25) is 0 Å². The van der Waals surface area contributed by atoms with Crippen LogP contribution in [0.3, 0.4) is 0 Å². The fourth-order valence-electron chi connectivity index (χ4n) is 13.5. The molecule has 2 saturated carbocycles. The minimum atomic E-state index is 0.00283. The normalized spacial score (nSPS) is 25.7. The molecule has 0 amide bonds. The molecule has 2 heterocycles. The lowest BCUT2D eigenvalue weighted by molar-refractivity contribution is 0.195. The maximum Gasteiger partial charge on any atom is 0.0518 e. The molecule has 0 bridgehead atoms. The first-order valence-electron chi connectivity index (χ1n) is 22.9. The van der Waals surface area contributed by atoms with Crippen LogP contribution in [0.4, 0.5) is 22.7 Å². The molecule has 2 nitrogen and oxygen atoms in total. The lowest BCUT2D eigenvalue weighted by Crippen LogP contribution is -2.54. The van der Waals surface area contributed by atoms with Gasteiger partial charge in [0.1, 0.15) is 0 Å². The summed E-state index contributed by atoms with van der Waals surface area (Å²) in [6, 6.07) is 46.5. The van der Waals surface area contributed by atoms with E-state index in [0.717, 1.165) is 0 Å². The van der Waals surface area contributed by atoms with E-state index >= 15 is 0 Å². The van der Waals surface area contributed by atoms with Gasteiger partial charge in [-0.05, 0) is 181 Å². The van der Waals surface area contributed by atoms with Crippen LogP contribution in [0.15, 0.2) is 121 Å². The van der Waals surface area contributed by atoms with E-state index in [1.54, 1.807) is 0 Å². The van der Waals surface area contributed by atoms with Crippen molar-refractivity contribution < 1.29 is 0 Å². The number of fused-ring (bicyclic) bond motifs is 8. The van der Waals surface area contributed by atoms with Crippen molar-refractivity contribution in [2.75, 3.05) is 9.80 Å². The summed E-state index contributed by atoms with van der Waals surface area (Å²) in [5, 5.41) is 5.39. The van der Waals surface area contributed by atoms with Crippen molar-refractivity contribution in [1.29, 1.82) is 0 Å². The van der Waals surface area contributed by atoms with Gasteiger partial charge in [0, 0.05) is 33.6 Å². The van der Waals surface area contributed by atoms with Crippen molar-refractivity contribution >= 4 is 44.3 Å². The molecule has 0 saturated heterocycles. The maximum atomic E-state index is 2.75. The molecule has 0 radical (unpaired) electrons. The Morgan fingerprint density at radius 2 is 0.700 bits per heavy atom. The third kappa shape index (κ3) is 4.71. The molecule has 11 rings (SSSR count). The van der Waals surface area contributed by atoms with E-state index in [2.05, 4.69) is 187 Å². The van der Waals surface area contributed by atoms with Crippen LogP contribution in [-0.4, -0.2) is 11.1 Å². The summed E-state index contributed by atoms with van der Waals surface area (Å²) in [5.41, 5.74) is 19.8. The smallest absolute Gasteiger partial charge is 0.0518 e. The first-order valence-corrected chi connectivity index (χ1v) is 22.9. The van der Waals surface area contributed by atoms with Crippen molar-refractivity contribution in [3.05, 3.63) is 155 Å². The Kier molecular flexibility index (Phi) is 8.21. The minimum Gasteiger partial charge on any atom is -0.334 e. The third-order valence-corrected chi connectivity index (χ3v) is 17.4. The van der Waals surface area contributed by atoms with Crippen LogP contribution in [0, 0.1) is 27.7 Å². The molecule has 0 aromatic heterocycles. The molecule has 7 aromatic rings. The van der Waals surface area contributed by atoms with Crippen molar-refractivity contribution in [2.24, 2.45) is 0 Å². The number of benzene rings is 7. The highest BCUT2D eigenvalue weighted by Gasteiger charge is 2.59. The molecule has 2 aliphatic heterocycles. The number of rotatable bonds is 4. The lowest BCUT2D eigenvalue weighted by Gasteiger charge is -2.50. The van der Waals surface area contributed by atoms with E-state index in [-0.39, 0.29) is 21.9 Å². The molecular formula is C58H60N2. The zero-order valence-electron chi connectivity index (χ0n) is 37.1. The van der Waals surface area contributed by atoms with Crippen molar-refractivity contribution in [3.63, 3.8) is 0 Å². The summed E-state index contributed by atoms with van der Waals surface area (Å²) in [7, 11) is 0. The SMILES string of the molecule is Cc1c(-c2c3ccccc3c(-c3cc4c(c(C)c3C)N(c3ccccc3)C3(C)CCCCC43C)c3ccccc23)cc2c(c1C)N(c1ccccc1)C1(C)CCCCC21C. The predicted molar refractivity (Wildman–Crippen MR) is 257 cm³/mol. The Balaban J connectivity index is 1.19. The Labute approximate surface area is 358 Å². The van der Waals surface area contributed by atoms with Gasteiger partial charge in [-0.2, -0.15) is 0 Å². The van der Waals surface area contributed by atoms with Crippen LogP contribution in [0.5, 0.6) is 0 Å². The van der Waals surface area contributed by atoms with Gasteiger partial charge in [0.25, 0.3) is 0 Å². The summed E-state index contributed by atoms with van der Waals surface area (Å²) in [4.78, 5) is 5.51. The Morgan fingerprint density at radius 1 is 0.383 bits per heavy atom. The largest absolute Gasteiger partial charge is 0.334 e. The first-order chi connectivity index (χ1) is 28.9. The van der Waals surface area contributed by atoms with E-state index in [9.17, 15) is 0 Å². The Hall–Kier alpha value is -5.34. The van der Waals surface area contributed by atoms with Gasteiger partial charge < -0.3 is 9.80 Å². The average molecular weight is 785 g/mol. The molecule has 302 valence electrons. The van der Waals surface area contributed by atoms with Gasteiger partial charge in [0.2, 0.25) is 0 Å². The van der Waals surface area contributed by atoms with Crippen molar-refractivity contribution in [2.45, 2.75) is 129 Å². The van der Waals surface area contributed by atoms with Crippen LogP contribution in [-0.2, 0) is 10.8 Å².